The molecule has 14 heavy (non-hydrogen) atoms. The second kappa shape index (κ2) is 5.44. The molecule has 1 aromatic rings. The van der Waals surface area contributed by atoms with Gasteiger partial charge in [0.1, 0.15) is 0 Å². The van der Waals surface area contributed by atoms with Gasteiger partial charge in [-0.15, -0.1) is 0 Å². The number of aromatic amines is 1. The van der Waals surface area contributed by atoms with Gasteiger partial charge in [-0.2, -0.15) is 0 Å². The third-order valence-electron chi connectivity index (χ3n) is 2.16. The molecule has 1 rings (SSSR count). The van der Waals surface area contributed by atoms with E-state index in [2.05, 4.69) is 10.3 Å². The molecule has 0 bridgehead atoms. The molecule has 0 atom stereocenters. The van der Waals surface area contributed by atoms with Crippen LogP contribution in [0.4, 0.5) is 5.69 Å². The van der Waals surface area contributed by atoms with Crippen LogP contribution in [0.2, 0.25) is 0 Å². The van der Waals surface area contributed by atoms with Crippen molar-refractivity contribution in [2.45, 2.75) is 12.8 Å². The van der Waals surface area contributed by atoms with Gasteiger partial charge in [0.25, 0.3) is 0 Å². The first-order valence-electron chi connectivity index (χ1n) is 4.79. The molecule has 0 saturated carbocycles. The Labute approximate surface area is 84.3 Å². The summed E-state index contributed by atoms with van der Waals surface area (Å²) in [5.74, 6) is 0.153. The maximum absolute atomic E-state index is 11.6. The van der Waals surface area contributed by atoms with Crippen molar-refractivity contribution in [3.8, 4) is 0 Å². The van der Waals surface area contributed by atoms with Crippen LogP contribution in [0.15, 0.2) is 18.5 Å². The minimum Gasteiger partial charge on any atom is -0.366 e. The van der Waals surface area contributed by atoms with Crippen molar-refractivity contribution in [1.29, 1.82) is 0 Å². The molecule has 0 unspecified atom stereocenters. The lowest BCUT2D eigenvalue weighted by Crippen LogP contribution is -2.26. The molecule has 0 spiro atoms. The van der Waals surface area contributed by atoms with Crippen LogP contribution in [-0.2, 0) is 4.79 Å². The molecule has 0 aliphatic rings. The lowest BCUT2D eigenvalue weighted by Gasteiger charge is -2.14. The molecular formula is C10H17N3O. The zero-order valence-corrected chi connectivity index (χ0v) is 8.71. The summed E-state index contributed by atoms with van der Waals surface area (Å²) in [6.07, 6.45) is 5.09. The van der Waals surface area contributed by atoms with E-state index in [0.717, 1.165) is 18.7 Å². The standard InChI is InChI=1S/C10H17N3O/c1-11-6-3-4-10(14)13(2)9-5-7-12-8-9/h5,7-8,11-12H,3-4,6H2,1-2H3. The van der Waals surface area contributed by atoms with Gasteiger partial charge >= 0.3 is 0 Å². The van der Waals surface area contributed by atoms with Crippen molar-refractivity contribution >= 4 is 11.6 Å². The van der Waals surface area contributed by atoms with Crippen molar-refractivity contribution in [3.63, 3.8) is 0 Å². The molecule has 1 amide bonds. The summed E-state index contributed by atoms with van der Waals surface area (Å²) in [5.41, 5.74) is 0.916. The molecule has 78 valence electrons. The highest BCUT2D eigenvalue weighted by atomic mass is 16.2. The molecule has 0 aromatic carbocycles. The number of H-pyrrole nitrogens is 1. The van der Waals surface area contributed by atoms with Gasteiger partial charge in [0.05, 0.1) is 5.69 Å². The van der Waals surface area contributed by atoms with Gasteiger partial charge in [-0.1, -0.05) is 0 Å². The second-order valence-electron chi connectivity index (χ2n) is 3.23. The molecule has 0 fully saturated rings. The van der Waals surface area contributed by atoms with Gasteiger partial charge < -0.3 is 15.2 Å². The molecule has 1 aromatic heterocycles. The van der Waals surface area contributed by atoms with E-state index in [0.29, 0.717) is 6.42 Å². The predicted molar refractivity (Wildman–Crippen MR) is 57.4 cm³/mol. The molecule has 0 aliphatic heterocycles. The van der Waals surface area contributed by atoms with Crippen molar-refractivity contribution in [2.75, 3.05) is 25.5 Å². The highest BCUT2D eigenvalue weighted by Gasteiger charge is 2.09. The number of hydrogen-bond donors (Lipinski definition) is 2. The zero-order valence-electron chi connectivity index (χ0n) is 8.71. The summed E-state index contributed by atoms with van der Waals surface area (Å²) in [7, 11) is 3.69. The van der Waals surface area contributed by atoms with Crippen LogP contribution >= 0.6 is 0 Å². The third-order valence-corrected chi connectivity index (χ3v) is 2.16. The predicted octanol–water partition coefficient (Wildman–Crippen LogP) is 0.977. The van der Waals surface area contributed by atoms with E-state index in [1.54, 1.807) is 11.9 Å². The Kier molecular flexibility index (Phi) is 4.19. The summed E-state index contributed by atoms with van der Waals surface area (Å²) in [6, 6.07) is 1.88. The van der Waals surface area contributed by atoms with E-state index < -0.39 is 0 Å². The Morgan fingerprint density at radius 3 is 3.00 bits per heavy atom. The Morgan fingerprint density at radius 1 is 1.64 bits per heavy atom. The van der Waals surface area contributed by atoms with E-state index in [1.165, 1.54) is 0 Å². The molecule has 0 aliphatic carbocycles. The maximum Gasteiger partial charge on any atom is 0.226 e. The minimum absolute atomic E-state index is 0.153. The summed E-state index contributed by atoms with van der Waals surface area (Å²) in [6.45, 7) is 0.882. The molecule has 4 nitrogen and oxygen atoms in total. The van der Waals surface area contributed by atoms with E-state index >= 15 is 0 Å². The van der Waals surface area contributed by atoms with Crippen LogP contribution < -0.4 is 10.2 Å². The first-order valence-corrected chi connectivity index (χ1v) is 4.79. The van der Waals surface area contributed by atoms with Gasteiger partial charge in [-0.25, -0.2) is 0 Å². The Bertz CT molecular complexity index is 269. The van der Waals surface area contributed by atoms with Gasteiger partial charge in [0.15, 0.2) is 0 Å². The second-order valence-corrected chi connectivity index (χ2v) is 3.23. The van der Waals surface area contributed by atoms with Crippen LogP contribution in [0.25, 0.3) is 0 Å². The normalized spacial score (nSPS) is 10.1. The van der Waals surface area contributed by atoms with E-state index in [-0.39, 0.29) is 5.91 Å². The van der Waals surface area contributed by atoms with Crippen molar-refractivity contribution in [3.05, 3.63) is 18.5 Å². The van der Waals surface area contributed by atoms with E-state index in [9.17, 15) is 4.79 Å². The average molecular weight is 195 g/mol. The summed E-state index contributed by atoms with van der Waals surface area (Å²) in [5, 5.41) is 3.02. The largest absolute Gasteiger partial charge is 0.366 e. The van der Waals surface area contributed by atoms with E-state index in [4.69, 9.17) is 0 Å². The number of anilines is 1. The number of hydrogen-bond acceptors (Lipinski definition) is 2. The number of nitrogens with one attached hydrogen (secondary N) is 2. The summed E-state index contributed by atoms with van der Waals surface area (Å²) in [4.78, 5) is 16.2. The minimum atomic E-state index is 0.153. The smallest absolute Gasteiger partial charge is 0.226 e. The van der Waals surface area contributed by atoms with Crippen LogP contribution in [0, 0.1) is 0 Å². The Hall–Kier alpha value is -1.29. The fourth-order valence-corrected chi connectivity index (χ4v) is 1.25. The van der Waals surface area contributed by atoms with Crippen LogP contribution in [0.1, 0.15) is 12.8 Å². The number of rotatable bonds is 5. The van der Waals surface area contributed by atoms with Crippen molar-refractivity contribution in [2.24, 2.45) is 0 Å². The summed E-state index contributed by atoms with van der Waals surface area (Å²) < 4.78 is 0. The molecular weight excluding hydrogens is 178 g/mol. The summed E-state index contributed by atoms with van der Waals surface area (Å²) >= 11 is 0. The van der Waals surface area contributed by atoms with Crippen LogP contribution in [-0.4, -0.2) is 31.5 Å². The van der Waals surface area contributed by atoms with Gasteiger partial charge in [0, 0.05) is 25.9 Å². The quantitative estimate of drug-likeness (QED) is 0.688. The molecule has 4 heteroatoms. The monoisotopic (exact) mass is 195 g/mol. The lowest BCUT2D eigenvalue weighted by atomic mass is 10.2. The number of carbonyl (C=O) groups excluding carboxylic acids is 1. The maximum atomic E-state index is 11.6. The average Bonchev–Trinajstić information content (AvgIpc) is 2.69. The molecule has 0 radical (unpaired) electrons. The van der Waals surface area contributed by atoms with E-state index in [1.807, 2.05) is 25.5 Å². The molecule has 1 heterocycles. The fourth-order valence-electron chi connectivity index (χ4n) is 1.25. The van der Waals surface area contributed by atoms with Crippen molar-refractivity contribution < 1.29 is 4.79 Å². The van der Waals surface area contributed by atoms with Crippen molar-refractivity contribution in [1.82, 2.24) is 10.3 Å². The molecule has 0 saturated heterocycles. The number of carbonyl (C=O) groups is 1. The first-order chi connectivity index (χ1) is 6.75. The SMILES string of the molecule is CNCCCC(=O)N(C)c1cc[nH]c1. The lowest BCUT2D eigenvalue weighted by molar-refractivity contribution is -0.118. The van der Waals surface area contributed by atoms with Gasteiger partial charge in [-0.3, -0.25) is 4.79 Å². The Balaban J connectivity index is 2.37. The Morgan fingerprint density at radius 2 is 2.43 bits per heavy atom. The molecule has 2 N–H and O–H groups in total. The van der Waals surface area contributed by atoms with Gasteiger partial charge in [-0.05, 0) is 26.1 Å². The number of aromatic nitrogens is 1. The highest BCUT2D eigenvalue weighted by molar-refractivity contribution is 5.92. The van der Waals surface area contributed by atoms with Crippen LogP contribution in [0.5, 0.6) is 0 Å². The fraction of sp³-hybridized carbons (Fsp3) is 0.500. The highest BCUT2D eigenvalue weighted by Crippen LogP contribution is 2.11. The van der Waals surface area contributed by atoms with Crippen LogP contribution in [0.3, 0.4) is 0 Å². The first kappa shape index (κ1) is 10.8. The zero-order chi connectivity index (χ0) is 10.4. The topological polar surface area (TPSA) is 48.1 Å². The number of nitrogens with zero attached hydrogens (tertiary/aromatic N) is 1. The third kappa shape index (κ3) is 2.88. The number of amides is 1. The van der Waals surface area contributed by atoms with Gasteiger partial charge in [0.2, 0.25) is 5.91 Å².